The van der Waals surface area contributed by atoms with Crippen LogP contribution < -0.4 is 0 Å². The maximum Gasteiger partial charge on any atom is 0.175 e. The molecular formula is C14H18O2S2. The van der Waals surface area contributed by atoms with Crippen LogP contribution in [0.3, 0.4) is 0 Å². The van der Waals surface area contributed by atoms with Gasteiger partial charge in [-0.05, 0) is 42.7 Å². The van der Waals surface area contributed by atoms with Crippen molar-refractivity contribution in [3.8, 4) is 0 Å². The van der Waals surface area contributed by atoms with Gasteiger partial charge in [0, 0.05) is 11.5 Å². The third-order valence-electron chi connectivity index (χ3n) is 3.33. The van der Waals surface area contributed by atoms with Gasteiger partial charge in [-0.3, -0.25) is 0 Å². The minimum Gasteiger partial charge on any atom is -0.224 e. The Balaban J connectivity index is 1.97. The van der Waals surface area contributed by atoms with Crippen LogP contribution in [0, 0.1) is 5.92 Å². The van der Waals surface area contributed by atoms with Crippen molar-refractivity contribution in [3.05, 3.63) is 35.9 Å². The molecule has 0 radical (unpaired) electrons. The van der Waals surface area contributed by atoms with E-state index in [9.17, 15) is 8.42 Å². The molecule has 0 spiro atoms. The minimum atomic E-state index is -3.08. The van der Waals surface area contributed by atoms with Gasteiger partial charge < -0.3 is 0 Å². The topological polar surface area (TPSA) is 34.1 Å². The summed E-state index contributed by atoms with van der Waals surface area (Å²) in [7, 11) is -3.08. The molecule has 0 saturated heterocycles. The first kappa shape index (κ1) is 13.7. The van der Waals surface area contributed by atoms with Gasteiger partial charge in [-0.15, -0.1) is 0 Å². The van der Waals surface area contributed by atoms with Gasteiger partial charge >= 0.3 is 0 Å². The largest absolute Gasteiger partial charge is 0.224 e. The van der Waals surface area contributed by atoms with Crippen molar-refractivity contribution in [2.45, 2.75) is 23.0 Å². The first-order valence-corrected chi connectivity index (χ1v) is 9.18. The molecule has 1 fully saturated rings. The van der Waals surface area contributed by atoms with Crippen molar-refractivity contribution in [1.29, 1.82) is 0 Å². The molecule has 1 aliphatic carbocycles. The monoisotopic (exact) mass is 282 g/mol. The van der Waals surface area contributed by atoms with Gasteiger partial charge in [-0.25, -0.2) is 8.42 Å². The molecule has 0 aliphatic heterocycles. The lowest BCUT2D eigenvalue weighted by Crippen LogP contribution is -2.23. The summed E-state index contributed by atoms with van der Waals surface area (Å²) >= 11 is 1.94. The van der Waals surface area contributed by atoms with Crippen LogP contribution in [0.15, 0.2) is 35.2 Å². The molecule has 1 aliphatic rings. The molecule has 1 saturated carbocycles. The van der Waals surface area contributed by atoms with E-state index < -0.39 is 9.84 Å². The van der Waals surface area contributed by atoms with Gasteiger partial charge in [0.05, 0.1) is 4.90 Å². The van der Waals surface area contributed by atoms with E-state index in [-0.39, 0.29) is 0 Å². The molecule has 2 rings (SSSR count). The number of hydrogen-bond acceptors (Lipinski definition) is 3. The molecular weight excluding hydrogens is 264 g/mol. The number of sulfone groups is 1. The summed E-state index contributed by atoms with van der Waals surface area (Å²) in [6, 6.07) is 7.05. The fraction of sp³-hybridized carbons (Fsp3) is 0.429. The Morgan fingerprint density at radius 1 is 1.22 bits per heavy atom. The number of thioether (sulfide) groups is 1. The number of benzene rings is 1. The summed E-state index contributed by atoms with van der Waals surface area (Å²) in [5.41, 5.74) is 1.06. The maximum atomic E-state index is 11.3. The van der Waals surface area contributed by atoms with Crippen LogP contribution in [-0.2, 0) is 9.84 Å². The SMILES string of the molecule is CSC1CC(/C=C/c2ccc(S(C)(=O)=O)cc2)C1. The maximum absolute atomic E-state index is 11.3. The van der Waals surface area contributed by atoms with E-state index in [1.807, 2.05) is 23.9 Å². The molecule has 98 valence electrons. The van der Waals surface area contributed by atoms with E-state index in [4.69, 9.17) is 0 Å². The van der Waals surface area contributed by atoms with E-state index in [0.717, 1.165) is 10.8 Å². The Morgan fingerprint density at radius 3 is 2.33 bits per heavy atom. The van der Waals surface area contributed by atoms with E-state index in [2.05, 4.69) is 18.4 Å². The molecule has 0 N–H and O–H groups in total. The molecule has 1 aromatic carbocycles. The lowest BCUT2D eigenvalue weighted by molar-refractivity contribution is 0.405. The number of rotatable bonds is 4. The molecule has 0 aromatic heterocycles. The number of hydrogen-bond donors (Lipinski definition) is 0. The smallest absolute Gasteiger partial charge is 0.175 e. The van der Waals surface area contributed by atoms with E-state index in [1.165, 1.54) is 19.1 Å². The van der Waals surface area contributed by atoms with Crippen molar-refractivity contribution in [1.82, 2.24) is 0 Å². The van der Waals surface area contributed by atoms with E-state index >= 15 is 0 Å². The Labute approximate surface area is 113 Å². The molecule has 0 heterocycles. The highest BCUT2D eigenvalue weighted by atomic mass is 32.2. The summed E-state index contributed by atoms with van der Waals surface area (Å²) in [5, 5.41) is 0.826. The third-order valence-corrected chi connectivity index (χ3v) is 5.51. The predicted molar refractivity (Wildman–Crippen MR) is 78.6 cm³/mol. The number of allylic oxidation sites excluding steroid dienone is 1. The summed E-state index contributed by atoms with van der Waals surface area (Å²) < 4.78 is 22.6. The van der Waals surface area contributed by atoms with Crippen molar-refractivity contribution >= 4 is 27.7 Å². The lowest BCUT2D eigenvalue weighted by atomic mass is 9.84. The zero-order valence-corrected chi connectivity index (χ0v) is 12.3. The van der Waals surface area contributed by atoms with Crippen molar-refractivity contribution in [2.75, 3.05) is 12.5 Å². The van der Waals surface area contributed by atoms with Gasteiger partial charge in [0.25, 0.3) is 0 Å². The molecule has 1 aromatic rings. The first-order chi connectivity index (χ1) is 8.49. The van der Waals surface area contributed by atoms with Crippen LogP contribution in [0.5, 0.6) is 0 Å². The van der Waals surface area contributed by atoms with Crippen LogP contribution in [0.25, 0.3) is 6.08 Å². The zero-order valence-electron chi connectivity index (χ0n) is 10.7. The van der Waals surface area contributed by atoms with Gasteiger partial charge in [-0.1, -0.05) is 24.3 Å². The third kappa shape index (κ3) is 3.39. The van der Waals surface area contributed by atoms with Crippen LogP contribution in [-0.4, -0.2) is 26.2 Å². The van der Waals surface area contributed by atoms with Crippen molar-refractivity contribution in [2.24, 2.45) is 5.92 Å². The average molecular weight is 282 g/mol. The van der Waals surface area contributed by atoms with Crippen molar-refractivity contribution < 1.29 is 8.42 Å². The molecule has 2 nitrogen and oxygen atoms in total. The van der Waals surface area contributed by atoms with Gasteiger partial charge in [0.1, 0.15) is 0 Å². The Kier molecular flexibility index (Phi) is 4.17. The van der Waals surface area contributed by atoms with Crippen LogP contribution in [0.1, 0.15) is 18.4 Å². The highest BCUT2D eigenvalue weighted by molar-refractivity contribution is 7.99. The summed E-state index contributed by atoms with van der Waals surface area (Å²) in [6.45, 7) is 0. The Hall–Kier alpha value is -0.740. The van der Waals surface area contributed by atoms with E-state index in [1.54, 1.807) is 12.1 Å². The van der Waals surface area contributed by atoms with Crippen LogP contribution in [0.4, 0.5) is 0 Å². The Morgan fingerprint density at radius 2 is 1.83 bits per heavy atom. The van der Waals surface area contributed by atoms with E-state index in [0.29, 0.717) is 10.8 Å². The molecule has 0 amide bonds. The molecule has 0 unspecified atom stereocenters. The average Bonchev–Trinajstić information content (AvgIpc) is 2.27. The lowest BCUT2D eigenvalue weighted by Gasteiger charge is -2.31. The highest BCUT2D eigenvalue weighted by Crippen LogP contribution is 2.36. The minimum absolute atomic E-state index is 0.380. The van der Waals surface area contributed by atoms with Crippen LogP contribution in [0.2, 0.25) is 0 Å². The summed E-state index contributed by atoms with van der Waals surface area (Å²) in [6.07, 6.45) is 10.2. The van der Waals surface area contributed by atoms with Gasteiger partial charge in [0.2, 0.25) is 0 Å². The highest BCUT2D eigenvalue weighted by Gasteiger charge is 2.25. The molecule has 0 atom stereocenters. The Bertz CT molecular complexity index is 523. The summed E-state index contributed by atoms with van der Waals surface area (Å²) in [4.78, 5) is 0.380. The second-order valence-corrected chi connectivity index (χ2v) is 7.94. The molecule has 0 bridgehead atoms. The molecule has 4 heteroatoms. The normalized spacial score (nSPS) is 24.1. The molecule has 18 heavy (non-hydrogen) atoms. The second kappa shape index (κ2) is 5.49. The predicted octanol–water partition coefficient (Wildman–Crippen LogP) is 3.24. The van der Waals surface area contributed by atoms with Crippen molar-refractivity contribution in [3.63, 3.8) is 0 Å². The quantitative estimate of drug-likeness (QED) is 0.850. The summed E-state index contributed by atoms with van der Waals surface area (Å²) in [5.74, 6) is 0.692. The fourth-order valence-corrected chi connectivity index (χ4v) is 3.54. The standard InChI is InChI=1S/C14H18O2S2/c1-17-13-9-12(10-13)4-3-11-5-7-14(8-6-11)18(2,15)16/h3-8,12-13H,9-10H2,1-2H3/b4-3+. The van der Waals surface area contributed by atoms with Crippen LogP contribution >= 0.6 is 11.8 Å². The second-order valence-electron chi connectivity index (χ2n) is 4.79. The first-order valence-electron chi connectivity index (χ1n) is 6.00. The fourth-order valence-electron chi connectivity index (χ4n) is 2.03. The van der Waals surface area contributed by atoms with Gasteiger partial charge in [-0.2, -0.15) is 11.8 Å². The zero-order chi connectivity index (χ0) is 13.2. The van der Waals surface area contributed by atoms with Gasteiger partial charge in [0.15, 0.2) is 9.84 Å².